The van der Waals surface area contributed by atoms with Gasteiger partial charge in [-0.25, -0.2) is 0 Å². The molecule has 0 amide bonds. The fraction of sp³-hybridized carbons (Fsp3) is 0.364. The summed E-state index contributed by atoms with van der Waals surface area (Å²) in [6.07, 6.45) is -18.3. The predicted octanol–water partition coefficient (Wildman–Crippen LogP) is 4.37. The lowest BCUT2D eigenvalue weighted by molar-refractivity contribution is -0.149. The van der Waals surface area contributed by atoms with Crippen LogP contribution >= 0.6 is 0 Å². The zero-order valence-electron chi connectivity index (χ0n) is 10.1. The average Bonchev–Trinajstić information content (AvgIpc) is 2.23. The van der Waals surface area contributed by atoms with Crippen molar-refractivity contribution >= 4 is 5.97 Å². The number of carbonyl (C=O) groups is 1. The zero-order valence-corrected chi connectivity index (χ0v) is 10.1. The molecule has 0 saturated heterocycles. The number of alkyl halides is 9. The first kappa shape index (κ1) is 18.1. The van der Waals surface area contributed by atoms with E-state index in [1.165, 1.54) is 0 Å². The van der Waals surface area contributed by atoms with Gasteiger partial charge in [-0.15, -0.1) is 0 Å². The molecule has 0 aromatic heterocycles. The summed E-state index contributed by atoms with van der Waals surface area (Å²) in [7, 11) is 0. The third kappa shape index (κ3) is 4.04. The van der Waals surface area contributed by atoms with Gasteiger partial charge < -0.3 is 5.11 Å². The van der Waals surface area contributed by atoms with Crippen molar-refractivity contribution in [2.75, 3.05) is 0 Å². The van der Waals surface area contributed by atoms with Gasteiger partial charge in [0.1, 0.15) is 0 Å². The summed E-state index contributed by atoms with van der Waals surface area (Å²) in [4.78, 5) is 10.5. The summed E-state index contributed by atoms with van der Waals surface area (Å²) in [6.45, 7) is 0. The van der Waals surface area contributed by atoms with E-state index in [1.807, 2.05) is 0 Å². The van der Waals surface area contributed by atoms with E-state index < -0.39 is 65.3 Å². The summed E-state index contributed by atoms with van der Waals surface area (Å²) in [5, 5.41) is 8.42. The molecule has 0 fully saturated rings. The van der Waals surface area contributed by atoms with Crippen LogP contribution in [-0.4, -0.2) is 11.1 Å². The number of rotatable bonds is 2. The van der Waals surface area contributed by atoms with Gasteiger partial charge in [-0.3, -0.25) is 4.79 Å². The Bertz CT molecular complexity index is 546. The number of carboxylic acid groups (broad SMARTS) is 1. The van der Waals surface area contributed by atoms with E-state index in [0.717, 1.165) is 0 Å². The summed E-state index contributed by atoms with van der Waals surface area (Å²) < 4.78 is 114. The molecular weight excluding hydrogens is 335 g/mol. The molecule has 0 radical (unpaired) electrons. The minimum absolute atomic E-state index is 0.534. The molecule has 11 heteroatoms. The van der Waals surface area contributed by atoms with Crippen LogP contribution in [0.3, 0.4) is 0 Å². The van der Waals surface area contributed by atoms with Gasteiger partial charge in [-0.2, -0.15) is 39.5 Å². The van der Waals surface area contributed by atoms with Crippen LogP contribution in [0, 0.1) is 0 Å². The van der Waals surface area contributed by atoms with Crippen LogP contribution in [0.4, 0.5) is 39.5 Å². The Morgan fingerprint density at radius 3 is 1.41 bits per heavy atom. The molecule has 0 aliphatic heterocycles. The minimum Gasteiger partial charge on any atom is -0.481 e. The van der Waals surface area contributed by atoms with E-state index in [1.54, 1.807) is 0 Å². The molecule has 0 aliphatic rings. The largest absolute Gasteiger partial charge is 0.481 e. The van der Waals surface area contributed by atoms with Crippen LogP contribution in [-0.2, 0) is 29.7 Å². The summed E-state index contributed by atoms with van der Waals surface area (Å²) >= 11 is 0. The van der Waals surface area contributed by atoms with E-state index in [4.69, 9.17) is 5.11 Å². The van der Waals surface area contributed by atoms with Crippen molar-refractivity contribution in [3.8, 4) is 0 Å². The van der Waals surface area contributed by atoms with Crippen LogP contribution in [0.25, 0.3) is 0 Å². The average molecular weight is 340 g/mol. The van der Waals surface area contributed by atoms with Crippen molar-refractivity contribution in [1.82, 2.24) is 0 Å². The maximum absolute atomic E-state index is 12.7. The molecule has 0 spiro atoms. The van der Waals surface area contributed by atoms with E-state index in [2.05, 4.69) is 0 Å². The molecular formula is C11H5F9O2. The van der Waals surface area contributed by atoms with E-state index in [0.29, 0.717) is 0 Å². The second-order valence-electron chi connectivity index (χ2n) is 4.11. The van der Waals surface area contributed by atoms with E-state index in [-0.39, 0.29) is 0 Å². The van der Waals surface area contributed by atoms with Gasteiger partial charge in [-0.05, 0) is 17.7 Å². The highest BCUT2D eigenvalue weighted by Gasteiger charge is 2.44. The second-order valence-corrected chi connectivity index (χ2v) is 4.11. The molecule has 1 aromatic rings. The van der Waals surface area contributed by atoms with E-state index in [9.17, 15) is 44.3 Å². The smallest absolute Gasteiger partial charge is 0.416 e. The molecule has 124 valence electrons. The van der Waals surface area contributed by atoms with Crippen molar-refractivity contribution in [3.05, 3.63) is 34.4 Å². The SMILES string of the molecule is O=C(O)Cc1c(C(F)(F)F)cc(C(F)(F)F)cc1C(F)(F)F. The van der Waals surface area contributed by atoms with Gasteiger partial charge in [0.15, 0.2) is 0 Å². The Labute approximate surface area is 116 Å². The van der Waals surface area contributed by atoms with Crippen LogP contribution in [0.2, 0.25) is 0 Å². The maximum atomic E-state index is 12.7. The number of halogens is 9. The molecule has 0 aliphatic carbocycles. The van der Waals surface area contributed by atoms with E-state index >= 15 is 0 Å². The lowest BCUT2D eigenvalue weighted by Crippen LogP contribution is -2.21. The zero-order chi connectivity index (χ0) is 17.5. The van der Waals surface area contributed by atoms with Crippen molar-refractivity contribution in [2.24, 2.45) is 0 Å². The lowest BCUT2D eigenvalue weighted by Gasteiger charge is -2.20. The Morgan fingerprint density at radius 2 is 1.18 bits per heavy atom. The van der Waals surface area contributed by atoms with Crippen LogP contribution in [0.15, 0.2) is 12.1 Å². The van der Waals surface area contributed by atoms with Crippen molar-refractivity contribution in [1.29, 1.82) is 0 Å². The summed E-state index contributed by atoms with van der Waals surface area (Å²) in [5.74, 6) is -2.05. The first-order chi connectivity index (χ1) is 9.64. The van der Waals surface area contributed by atoms with Gasteiger partial charge in [0.2, 0.25) is 0 Å². The number of hydrogen-bond acceptors (Lipinski definition) is 1. The standard InChI is InChI=1S/C11H5F9O2/c12-9(13,14)4-1-6(10(15,16)17)5(3-8(21)22)7(2-4)11(18,19)20/h1-2H,3H2,(H,21,22). The molecule has 1 aromatic carbocycles. The fourth-order valence-electron chi connectivity index (χ4n) is 1.68. The number of aliphatic carboxylic acids is 1. The van der Waals surface area contributed by atoms with Gasteiger partial charge in [0.25, 0.3) is 0 Å². The first-order valence-electron chi connectivity index (χ1n) is 5.24. The minimum atomic E-state index is -5.58. The third-order valence-electron chi connectivity index (χ3n) is 2.52. The number of hydrogen-bond donors (Lipinski definition) is 1. The fourth-order valence-corrected chi connectivity index (χ4v) is 1.68. The second kappa shape index (κ2) is 5.36. The van der Waals surface area contributed by atoms with Gasteiger partial charge >= 0.3 is 24.5 Å². The molecule has 2 nitrogen and oxygen atoms in total. The Kier molecular flexibility index (Phi) is 4.41. The molecule has 0 bridgehead atoms. The molecule has 22 heavy (non-hydrogen) atoms. The Hall–Kier alpha value is -1.94. The quantitative estimate of drug-likeness (QED) is 0.812. The number of benzene rings is 1. The molecule has 1 N–H and O–H groups in total. The van der Waals surface area contributed by atoms with Crippen molar-refractivity contribution < 1.29 is 49.4 Å². The van der Waals surface area contributed by atoms with Gasteiger partial charge in [0, 0.05) is 0 Å². The van der Waals surface area contributed by atoms with Gasteiger partial charge in [0.05, 0.1) is 23.1 Å². The normalized spacial score (nSPS) is 13.3. The molecule has 0 unspecified atom stereocenters. The van der Waals surface area contributed by atoms with Gasteiger partial charge in [-0.1, -0.05) is 0 Å². The molecule has 0 heterocycles. The predicted molar refractivity (Wildman–Crippen MR) is 52.8 cm³/mol. The topological polar surface area (TPSA) is 37.3 Å². The highest BCUT2D eigenvalue weighted by Crippen LogP contribution is 2.43. The monoisotopic (exact) mass is 340 g/mol. The van der Waals surface area contributed by atoms with Crippen LogP contribution < -0.4 is 0 Å². The molecule has 0 saturated carbocycles. The number of carboxylic acids is 1. The lowest BCUT2D eigenvalue weighted by atomic mass is 9.94. The molecule has 1 rings (SSSR count). The van der Waals surface area contributed by atoms with Crippen LogP contribution in [0.5, 0.6) is 0 Å². The Balaban J connectivity index is 3.81. The van der Waals surface area contributed by atoms with Crippen LogP contribution in [0.1, 0.15) is 22.3 Å². The third-order valence-corrected chi connectivity index (χ3v) is 2.52. The maximum Gasteiger partial charge on any atom is 0.416 e. The van der Waals surface area contributed by atoms with Crippen molar-refractivity contribution in [2.45, 2.75) is 24.9 Å². The summed E-state index contributed by atoms with van der Waals surface area (Å²) in [6, 6.07) is -1.07. The van der Waals surface area contributed by atoms with Crippen molar-refractivity contribution in [3.63, 3.8) is 0 Å². The highest BCUT2D eigenvalue weighted by molar-refractivity contribution is 5.72. The molecule has 0 atom stereocenters. The first-order valence-corrected chi connectivity index (χ1v) is 5.24. The highest BCUT2D eigenvalue weighted by atomic mass is 19.4. The summed E-state index contributed by atoms with van der Waals surface area (Å²) in [5.41, 5.74) is -8.49. The Morgan fingerprint density at radius 1 is 0.818 bits per heavy atom.